The zero-order valence-electron chi connectivity index (χ0n) is 12.0. The number of sulfonamides is 1. The minimum absolute atomic E-state index is 0.194. The van der Waals surface area contributed by atoms with E-state index in [0.717, 1.165) is 16.4 Å². The van der Waals surface area contributed by atoms with E-state index >= 15 is 0 Å². The van der Waals surface area contributed by atoms with Gasteiger partial charge in [0.25, 0.3) is 0 Å². The lowest BCUT2D eigenvalue weighted by Crippen LogP contribution is -2.33. The largest absolute Gasteiger partial charge is 0.246 e. The molecule has 1 aliphatic rings. The van der Waals surface area contributed by atoms with Crippen molar-refractivity contribution in [2.24, 2.45) is 0 Å². The first kappa shape index (κ1) is 16.0. The van der Waals surface area contributed by atoms with Crippen molar-refractivity contribution in [1.82, 2.24) is 4.31 Å². The van der Waals surface area contributed by atoms with Crippen LogP contribution in [0.1, 0.15) is 18.4 Å². The van der Waals surface area contributed by atoms with Gasteiger partial charge in [0.05, 0.1) is 0 Å². The fourth-order valence-corrected chi connectivity index (χ4v) is 4.11. The molecule has 1 aliphatic carbocycles. The molecule has 0 aliphatic heterocycles. The highest BCUT2D eigenvalue weighted by Crippen LogP contribution is 2.34. The van der Waals surface area contributed by atoms with Crippen molar-refractivity contribution in [3.05, 3.63) is 65.5 Å². The lowest BCUT2D eigenvalue weighted by atomic mass is 10.2. The summed E-state index contributed by atoms with van der Waals surface area (Å²) in [5.74, 6) is -2.40. The molecule has 0 bridgehead atoms. The predicted molar refractivity (Wildman–Crippen MR) is 78.5 cm³/mol. The average molecular weight is 341 g/mol. The summed E-state index contributed by atoms with van der Waals surface area (Å²) < 4.78 is 67.5. The van der Waals surface area contributed by atoms with Crippen LogP contribution in [-0.2, 0) is 16.6 Å². The number of halogens is 3. The molecule has 0 aromatic heterocycles. The van der Waals surface area contributed by atoms with Gasteiger partial charge >= 0.3 is 0 Å². The molecule has 1 fully saturated rings. The molecule has 23 heavy (non-hydrogen) atoms. The van der Waals surface area contributed by atoms with Crippen molar-refractivity contribution in [2.75, 3.05) is 0 Å². The second kappa shape index (κ2) is 5.98. The SMILES string of the molecule is O=S(=O)(c1cc(F)ccc1F)N(Cc1ccccc1F)C1CC1. The number of benzene rings is 2. The zero-order valence-corrected chi connectivity index (χ0v) is 12.9. The third kappa shape index (κ3) is 3.25. The lowest BCUT2D eigenvalue weighted by Gasteiger charge is -2.22. The molecule has 0 amide bonds. The van der Waals surface area contributed by atoms with Gasteiger partial charge in [0, 0.05) is 18.2 Å². The molecule has 2 aromatic carbocycles. The third-order valence-electron chi connectivity index (χ3n) is 3.72. The Morgan fingerprint density at radius 1 is 1.00 bits per heavy atom. The van der Waals surface area contributed by atoms with Gasteiger partial charge in [-0.1, -0.05) is 18.2 Å². The Kier molecular flexibility index (Phi) is 4.16. The van der Waals surface area contributed by atoms with Crippen LogP contribution < -0.4 is 0 Å². The molecule has 0 N–H and O–H groups in total. The predicted octanol–water partition coefficient (Wildman–Crippen LogP) is 3.46. The molecule has 122 valence electrons. The molecule has 7 heteroatoms. The fraction of sp³-hybridized carbons (Fsp3) is 0.250. The Hall–Kier alpha value is -1.86. The van der Waals surface area contributed by atoms with Crippen LogP contribution in [0.25, 0.3) is 0 Å². The highest BCUT2D eigenvalue weighted by Gasteiger charge is 2.39. The van der Waals surface area contributed by atoms with Crippen molar-refractivity contribution in [2.45, 2.75) is 30.3 Å². The first-order valence-electron chi connectivity index (χ1n) is 7.10. The Balaban J connectivity index is 2.00. The summed E-state index contributed by atoms with van der Waals surface area (Å²) in [6.45, 7) is -0.213. The van der Waals surface area contributed by atoms with Gasteiger partial charge in [-0.25, -0.2) is 21.6 Å². The Morgan fingerprint density at radius 3 is 2.35 bits per heavy atom. The van der Waals surface area contributed by atoms with E-state index in [1.54, 1.807) is 6.07 Å². The van der Waals surface area contributed by atoms with Crippen molar-refractivity contribution >= 4 is 10.0 Å². The topological polar surface area (TPSA) is 37.4 Å². The summed E-state index contributed by atoms with van der Waals surface area (Å²) in [7, 11) is -4.25. The molecule has 0 unspecified atom stereocenters. The Labute approximate surface area is 132 Å². The van der Waals surface area contributed by atoms with Crippen LogP contribution in [0, 0.1) is 17.5 Å². The maximum Gasteiger partial charge on any atom is 0.246 e. The first-order valence-corrected chi connectivity index (χ1v) is 8.54. The standard InChI is InChI=1S/C16H14F3NO2S/c17-12-5-8-15(19)16(9-12)23(21,22)20(13-6-7-13)10-11-3-1-2-4-14(11)18/h1-5,8-9,13H,6-7,10H2. The highest BCUT2D eigenvalue weighted by atomic mass is 32.2. The van der Waals surface area contributed by atoms with Crippen molar-refractivity contribution in [3.8, 4) is 0 Å². The second-order valence-corrected chi connectivity index (χ2v) is 7.31. The van der Waals surface area contributed by atoms with E-state index in [-0.39, 0.29) is 18.2 Å². The van der Waals surface area contributed by atoms with Gasteiger partial charge < -0.3 is 0 Å². The van der Waals surface area contributed by atoms with Gasteiger partial charge in [-0.05, 0) is 37.1 Å². The van der Waals surface area contributed by atoms with Crippen LogP contribution in [0.2, 0.25) is 0 Å². The van der Waals surface area contributed by atoms with Gasteiger partial charge in [0.1, 0.15) is 22.3 Å². The molecule has 0 radical (unpaired) electrons. The van der Waals surface area contributed by atoms with Crippen LogP contribution in [0.5, 0.6) is 0 Å². The van der Waals surface area contributed by atoms with Gasteiger partial charge in [0.15, 0.2) is 0 Å². The van der Waals surface area contributed by atoms with Crippen LogP contribution >= 0.6 is 0 Å². The summed E-state index contributed by atoms with van der Waals surface area (Å²) in [4.78, 5) is -0.722. The van der Waals surface area contributed by atoms with Crippen LogP contribution in [-0.4, -0.2) is 18.8 Å². The molecule has 3 rings (SSSR count). The minimum Gasteiger partial charge on any atom is -0.207 e. The summed E-state index contributed by atoms with van der Waals surface area (Å²) in [6.07, 6.45) is 1.23. The zero-order chi connectivity index (χ0) is 16.6. The van der Waals surface area contributed by atoms with E-state index < -0.39 is 32.4 Å². The second-order valence-electron chi connectivity index (χ2n) is 5.45. The van der Waals surface area contributed by atoms with Crippen LogP contribution in [0.4, 0.5) is 13.2 Å². The first-order chi connectivity index (χ1) is 10.9. The van der Waals surface area contributed by atoms with E-state index in [4.69, 9.17) is 0 Å². The highest BCUT2D eigenvalue weighted by molar-refractivity contribution is 7.89. The van der Waals surface area contributed by atoms with Gasteiger partial charge in [-0.2, -0.15) is 4.31 Å². The summed E-state index contributed by atoms with van der Waals surface area (Å²) in [5, 5.41) is 0. The van der Waals surface area contributed by atoms with E-state index in [2.05, 4.69) is 0 Å². The maximum atomic E-state index is 13.9. The van der Waals surface area contributed by atoms with Crippen LogP contribution in [0.3, 0.4) is 0 Å². The molecular weight excluding hydrogens is 327 g/mol. The maximum absolute atomic E-state index is 13.9. The number of nitrogens with zero attached hydrogens (tertiary/aromatic N) is 1. The monoisotopic (exact) mass is 341 g/mol. The number of rotatable bonds is 5. The van der Waals surface area contributed by atoms with E-state index in [1.165, 1.54) is 18.2 Å². The number of hydrogen-bond acceptors (Lipinski definition) is 2. The van der Waals surface area contributed by atoms with E-state index in [0.29, 0.717) is 18.9 Å². The van der Waals surface area contributed by atoms with Gasteiger partial charge in [-0.15, -0.1) is 0 Å². The Bertz CT molecular complexity index is 835. The molecule has 2 aromatic rings. The number of hydrogen-bond donors (Lipinski definition) is 0. The summed E-state index contributed by atoms with van der Waals surface area (Å²) in [6, 6.07) is 7.77. The average Bonchev–Trinajstić information content (AvgIpc) is 3.33. The van der Waals surface area contributed by atoms with Crippen molar-refractivity contribution in [1.29, 1.82) is 0 Å². The van der Waals surface area contributed by atoms with E-state index in [1.807, 2.05) is 0 Å². The molecule has 1 saturated carbocycles. The normalized spacial score (nSPS) is 15.1. The van der Waals surface area contributed by atoms with Gasteiger partial charge in [0.2, 0.25) is 10.0 Å². The quantitative estimate of drug-likeness (QED) is 0.835. The molecule has 0 spiro atoms. The van der Waals surface area contributed by atoms with Crippen LogP contribution in [0.15, 0.2) is 47.4 Å². The Morgan fingerprint density at radius 2 is 1.70 bits per heavy atom. The van der Waals surface area contributed by atoms with Gasteiger partial charge in [-0.3, -0.25) is 0 Å². The van der Waals surface area contributed by atoms with Crippen molar-refractivity contribution < 1.29 is 21.6 Å². The summed E-state index contributed by atoms with van der Waals surface area (Å²) >= 11 is 0. The molecule has 0 atom stereocenters. The molecule has 3 nitrogen and oxygen atoms in total. The minimum atomic E-state index is -4.25. The molecule has 0 heterocycles. The smallest absolute Gasteiger partial charge is 0.207 e. The molecular formula is C16H14F3NO2S. The van der Waals surface area contributed by atoms with E-state index in [9.17, 15) is 21.6 Å². The summed E-state index contributed by atoms with van der Waals surface area (Å²) in [5.41, 5.74) is 0.194. The molecule has 0 saturated heterocycles. The third-order valence-corrected chi connectivity index (χ3v) is 5.63. The lowest BCUT2D eigenvalue weighted by molar-refractivity contribution is 0.388. The van der Waals surface area contributed by atoms with Crippen molar-refractivity contribution in [3.63, 3.8) is 0 Å². The fourth-order valence-electron chi connectivity index (χ4n) is 2.37.